The van der Waals surface area contributed by atoms with E-state index >= 15 is 0 Å². The van der Waals surface area contributed by atoms with Gasteiger partial charge in [-0.3, -0.25) is 0 Å². The van der Waals surface area contributed by atoms with Gasteiger partial charge >= 0.3 is 0 Å². The van der Waals surface area contributed by atoms with Crippen LogP contribution in [0.3, 0.4) is 0 Å². The van der Waals surface area contributed by atoms with E-state index in [0.29, 0.717) is 0 Å². The van der Waals surface area contributed by atoms with Gasteiger partial charge in [-0.05, 0) is 29.7 Å². The third-order valence-electron chi connectivity index (χ3n) is 3.30. The number of benzene rings is 1. The molecule has 4 nitrogen and oxygen atoms in total. The lowest BCUT2D eigenvalue weighted by Gasteiger charge is -2.26. The number of nitrogens with one attached hydrogen (secondary N) is 1. The van der Waals surface area contributed by atoms with Crippen LogP contribution in [0.4, 0.5) is 0 Å². The molecule has 0 bridgehead atoms. The molecule has 0 aromatic heterocycles. The van der Waals surface area contributed by atoms with Gasteiger partial charge in [0.25, 0.3) is 0 Å². The topological polar surface area (TPSA) is 39.7 Å². The van der Waals surface area contributed by atoms with Gasteiger partial charge in [0.1, 0.15) is 0 Å². The summed E-state index contributed by atoms with van der Waals surface area (Å²) in [7, 11) is 3.32. The van der Waals surface area contributed by atoms with Crippen LogP contribution >= 0.6 is 0 Å². The van der Waals surface area contributed by atoms with E-state index < -0.39 is 0 Å². The van der Waals surface area contributed by atoms with Gasteiger partial charge < -0.3 is 19.5 Å². The first kappa shape index (κ1) is 13.2. The Bertz CT molecular complexity index is 400. The number of methoxy groups -OCH3 is 2. The second-order valence-electron chi connectivity index (χ2n) is 4.32. The maximum Gasteiger partial charge on any atom is 0.161 e. The number of ether oxygens (including phenoxy) is 3. The molecule has 1 aromatic carbocycles. The number of hydrogen-bond acceptors (Lipinski definition) is 4. The molecule has 4 heteroatoms. The average Bonchev–Trinajstić information content (AvgIpc) is 2.46. The number of morpholine rings is 1. The van der Waals surface area contributed by atoms with E-state index in [0.717, 1.165) is 37.6 Å². The second kappa shape index (κ2) is 6.07. The quantitative estimate of drug-likeness (QED) is 0.887. The molecule has 1 aliphatic heterocycles. The van der Waals surface area contributed by atoms with Crippen LogP contribution in [-0.4, -0.2) is 33.9 Å². The molecule has 1 N–H and O–H groups in total. The predicted molar refractivity (Wildman–Crippen MR) is 70.5 cm³/mol. The molecular formula is C14H21NO3. The Kier molecular flexibility index (Phi) is 4.44. The van der Waals surface area contributed by atoms with Crippen LogP contribution in [0.1, 0.15) is 24.2 Å². The standard InChI is InChI=1S/C14H21NO3/c1-4-10-7-12(16-2)13(17-3)8-11(10)14-9-15-5-6-18-14/h7-8,14-15H,4-6,9H2,1-3H3. The van der Waals surface area contributed by atoms with Crippen molar-refractivity contribution in [1.82, 2.24) is 5.32 Å². The minimum absolute atomic E-state index is 0.105. The zero-order valence-corrected chi connectivity index (χ0v) is 11.3. The van der Waals surface area contributed by atoms with E-state index in [1.54, 1.807) is 14.2 Å². The summed E-state index contributed by atoms with van der Waals surface area (Å²) in [5.74, 6) is 1.54. The van der Waals surface area contributed by atoms with Crippen LogP contribution in [0.15, 0.2) is 12.1 Å². The SMILES string of the molecule is CCc1cc(OC)c(OC)cc1C1CNCCO1. The fourth-order valence-corrected chi connectivity index (χ4v) is 2.31. The molecule has 1 aromatic rings. The molecule has 0 saturated carbocycles. The van der Waals surface area contributed by atoms with E-state index in [9.17, 15) is 0 Å². The first-order chi connectivity index (χ1) is 8.80. The van der Waals surface area contributed by atoms with Crippen molar-refractivity contribution in [3.63, 3.8) is 0 Å². The van der Waals surface area contributed by atoms with Crippen LogP contribution in [0, 0.1) is 0 Å². The highest BCUT2D eigenvalue weighted by Crippen LogP contribution is 2.34. The lowest BCUT2D eigenvalue weighted by molar-refractivity contribution is 0.0270. The zero-order valence-electron chi connectivity index (χ0n) is 11.3. The van der Waals surface area contributed by atoms with Crippen LogP contribution in [0.2, 0.25) is 0 Å². The van der Waals surface area contributed by atoms with Gasteiger partial charge in [0.2, 0.25) is 0 Å². The van der Waals surface area contributed by atoms with E-state index in [2.05, 4.69) is 12.2 Å². The van der Waals surface area contributed by atoms with Crippen molar-refractivity contribution in [2.45, 2.75) is 19.4 Å². The summed E-state index contributed by atoms with van der Waals surface area (Å²) >= 11 is 0. The normalized spacial score (nSPS) is 19.6. The number of aryl methyl sites for hydroxylation is 1. The molecule has 100 valence electrons. The Morgan fingerprint density at radius 2 is 2.00 bits per heavy atom. The molecular weight excluding hydrogens is 230 g/mol. The highest BCUT2D eigenvalue weighted by atomic mass is 16.5. The van der Waals surface area contributed by atoms with Gasteiger partial charge in [-0.15, -0.1) is 0 Å². The van der Waals surface area contributed by atoms with Gasteiger partial charge in [-0.2, -0.15) is 0 Å². The van der Waals surface area contributed by atoms with E-state index in [1.807, 2.05) is 12.1 Å². The van der Waals surface area contributed by atoms with Gasteiger partial charge in [0.15, 0.2) is 11.5 Å². The van der Waals surface area contributed by atoms with E-state index in [-0.39, 0.29) is 6.10 Å². The van der Waals surface area contributed by atoms with Crippen molar-refractivity contribution < 1.29 is 14.2 Å². The summed E-state index contributed by atoms with van der Waals surface area (Å²) in [4.78, 5) is 0. The molecule has 0 aliphatic carbocycles. The van der Waals surface area contributed by atoms with Crippen molar-refractivity contribution in [2.24, 2.45) is 0 Å². The third kappa shape index (κ3) is 2.60. The van der Waals surface area contributed by atoms with Gasteiger partial charge in [0.05, 0.1) is 26.9 Å². The van der Waals surface area contributed by atoms with Gasteiger partial charge in [-0.1, -0.05) is 6.92 Å². The number of rotatable bonds is 4. The van der Waals surface area contributed by atoms with E-state index in [4.69, 9.17) is 14.2 Å². The van der Waals surface area contributed by atoms with Crippen LogP contribution in [0.25, 0.3) is 0 Å². The Balaban J connectivity index is 2.37. The lowest BCUT2D eigenvalue weighted by Crippen LogP contribution is -2.33. The fourth-order valence-electron chi connectivity index (χ4n) is 2.31. The first-order valence-corrected chi connectivity index (χ1v) is 6.37. The first-order valence-electron chi connectivity index (χ1n) is 6.37. The van der Waals surface area contributed by atoms with Crippen molar-refractivity contribution in [3.8, 4) is 11.5 Å². The molecule has 1 saturated heterocycles. The van der Waals surface area contributed by atoms with Crippen molar-refractivity contribution in [2.75, 3.05) is 33.9 Å². The fraction of sp³-hybridized carbons (Fsp3) is 0.571. The van der Waals surface area contributed by atoms with Crippen LogP contribution in [-0.2, 0) is 11.2 Å². The molecule has 1 fully saturated rings. The highest BCUT2D eigenvalue weighted by Gasteiger charge is 2.20. The summed E-state index contributed by atoms with van der Waals surface area (Å²) in [5, 5.41) is 3.35. The van der Waals surface area contributed by atoms with Crippen LogP contribution in [0.5, 0.6) is 11.5 Å². The Morgan fingerprint density at radius 1 is 1.28 bits per heavy atom. The Hall–Kier alpha value is -1.26. The lowest BCUT2D eigenvalue weighted by atomic mass is 9.98. The predicted octanol–water partition coefficient (Wildman–Crippen LogP) is 1.93. The Morgan fingerprint density at radius 3 is 2.56 bits per heavy atom. The maximum absolute atomic E-state index is 5.82. The molecule has 1 unspecified atom stereocenters. The summed E-state index contributed by atoms with van der Waals surface area (Å²) in [5.41, 5.74) is 2.45. The van der Waals surface area contributed by atoms with Gasteiger partial charge in [-0.25, -0.2) is 0 Å². The molecule has 1 aliphatic rings. The molecule has 2 rings (SSSR count). The van der Waals surface area contributed by atoms with Crippen LogP contribution < -0.4 is 14.8 Å². The molecule has 18 heavy (non-hydrogen) atoms. The molecule has 1 atom stereocenters. The maximum atomic E-state index is 5.82. The summed E-state index contributed by atoms with van der Waals surface area (Å²) < 4.78 is 16.5. The van der Waals surface area contributed by atoms with Gasteiger partial charge in [0, 0.05) is 13.1 Å². The molecule has 0 radical (unpaired) electrons. The minimum atomic E-state index is 0.105. The summed E-state index contributed by atoms with van der Waals surface area (Å²) in [6.45, 7) is 4.66. The number of hydrogen-bond donors (Lipinski definition) is 1. The van der Waals surface area contributed by atoms with Crippen molar-refractivity contribution in [1.29, 1.82) is 0 Å². The summed E-state index contributed by atoms with van der Waals surface area (Å²) in [6, 6.07) is 4.08. The minimum Gasteiger partial charge on any atom is -0.493 e. The smallest absolute Gasteiger partial charge is 0.161 e. The van der Waals surface area contributed by atoms with Crippen molar-refractivity contribution >= 4 is 0 Å². The average molecular weight is 251 g/mol. The zero-order chi connectivity index (χ0) is 13.0. The third-order valence-corrected chi connectivity index (χ3v) is 3.30. The summed E-state index contributed by atoms with van der Waals surface area (Å²) in [6.07, 6.45) is 1.06. The molecule has 0 amide bonds. The van der Waals surface area contributed by atoms with Crippen molar-refractivity contribution in [3.05, 3.63) is 23.3 Å². The monoisotopic (exact) mass is 251 g/mol. The molecule has 0 spiro atoms. The Labute approximate surface area is 108 Å². The molecule has 1 heterocycles. The highest BCUT2D eigenvalue weighted by molar-refractivity contribution is 5.48. The van der Waals surface area contributed by atoms with E-state index in [1.165, 1.54) is 11.1 Å². The largest absolute Gasteiger partial charge is 0.493 e. The second-order valence-corrected chi connectivity index (χ2v) is 4.32.